The molecule has 0 radical (unpaired) electrons. The zero-order chi connectivity index (χ0) is 15.0. The molecule has 3 rings (SSSR count). The van der Waals surface area contributed by atoms with E-state index >= 15 is 0 Å². The van der Waals surface area contributed by atoms with Crippen LogP contribution in [-0.2, 0) is 16.0 Å². The van der Waals surface area contributed by atoms with Crippen LogP contribution in [0.2, 0.25) is 0 Å². The van der Waals surface area contributed by atoms with Crippen molar-refractivity contribution < 1.29 is 14.3 Å². The Balaban J connectivity index is 1.83. The standard InChI is InChI=1S/C17H21NO3/c1-11(19)18-8-7-14(10-18)15-6-5-12-3-4-13(9-16(12)15)17(20)21-2/h3-4,9,14-15H,5-8,10H2,1-2H3. The maximum atomic E-state index is 11.7. The fourth-order valence-electron chi connectivity index (χ4n) is 3.77. The van der Waals surface area contributed by atoms with Gasteiger partial charge in [0.25, 0.3) is 0 Å². The van der Waals surface area contributed by atoms with Crippen molar-refractivity contribution in [2.75, 3.05) is 20.2 Å². The van der Waals surface area contributed by atoms with Gasteiger partial charge >= 0.3 is 5.97 Å². The summed E-state index contributed by atoms with van der Waals surface area (Å²) in [6, 6.07) is 5.90. The normalized spacial score (nSPS) is 24.0. The van der Waals surface area contributed by atoms with Crippen LogP contribution in [0.3, 0.4) is 0 Å². The molecule has 1 aromatic carbocycles. The molecule has 1 saturated heterocycles. The van der Waals surface area contributed by atoms with Gasteiger partial charge in [0.1, 0.15) is 0 Å². The van der Waals surface area contributed by atoms with Gasteiger partial charge in [-0.05, 0) is 54.4 Å². The van der Waals surface area contributed by atoms with Crippen molar-refractivity contribution in [2.45, 2.75) is 32.1 Å². The average molecular weight is 287 g/mol. The Morgan fingerprint density at radius 2 is 2.10 bits per heavy atom. The number of likely N-dealkylation sites (tertiary alicyclic amines) is 1. The van der Waals surface area contributed by atoms with E-state index in [9.17, 15) is 9.59 Å². The second-order valence-electron chi connectivity index (χ2n) is 6.06. The average Bonchev–Trinajstić information content (AvgIpc) is 3.11. The van der Waals surface area contributed by atoms with Crippen molar-refractivity contribution in [3.8, 4) is 0 Å². The Morgan fingerprint density at radius 3 is 2.76 bits per heavy atom. The van der Waals surface area contributed by atoms with Crippen molar-refractivity contribution in [1.82, 2.24) is 4.90 Å². The van der Waals surface area contributed by atoms with Crippen LogP contribution in [0.25, 0.3) is 0 Å². The number of methoxy groups -OCH3 is 1. The lowest BCUT2D eigenvalue weighted by molar-refractivity contribution is -0.127. The molecule has 2 unspecified atom stereocenters. The largest absolute Gasteiger partial charge is 0.465 e. The highest BCUT2D eigenvalue weighted by atomic mass is 16.5. The lowest BCUT2D eigenvalue weighted by Gasteiger charge is -2.20. The molecule has 4 heteroatoms. The number of benzene rings is 1. The van der Waals surface area contributed by atoms with Gasteiger partial charge < -0.3 is 9.64 Å². The Labute approximate surface area is 125 Å². The number of nitrogens with zero attached hydrogens (tertiary/aromatic N) is 1. The van der Waals surface area contributed by atoms with Gasteiger partial charge in [-0.3, -0.25) is 4.79 Å². The molecule has 1 fully saturated rings. The number of esters is 1. The Kier molecular flexibility index (Phi) is 3.70. The fourth-order valence-corrected chi connectivity index (χ4v) is 3.77. The number of hydrogen-bond donors (Lipinski definition) is 0. The molecule has 1 amide bonds. The van der Waals surface area contributed by atoms with E-state index in [4.69, 9.17) is 4.74 Å². The molecule has 0 aromatic heterocycles. The van der Waals surface area contributed by atoms with Gasteiger partial charge in [-0.15, -0.1) is 0 Å². The van der Waals surface area contributed by atoms with E-state index in [0.29, 0.717) is 17.4 Å². The second kappa shape index (κ2) is 5.51. The number of carbonyl (C=O) groups is 2. The van der Waals surface area contributed by atoms with Crippen LogP contribution in [0.15, 0.2) is 18.2 Å². The fraction of sp³-hybridized carbons (Fsp3) is 0.529. The van der Waals surface area contributed by atoms with Crippen LogP contribution in [0.1, 0.15) is 47.2 Å². The zero-order valence-corrected chi connectivity index (χ0v) is 12.6. The topological polar surface area (TPSA) is 46.6 Å². The smallest absolute Gasteiger partial charge is 0.337 e. The van der Waals surface area contributed by atoms with E-state index in [-0.39, 0.29) is 11.9 Å². The van der Waals surface area contributed by atoms with Crippen LogP contribution < -0.4 is 0 Å². The molecule has 0 bridgehead atoms. The second-order valence-corrected chi connectivity index (χ2v) is 6.06. The number of amides is 1. The Morgan fingerprint density at radius 1 is 1.29 bits per heavy atom. The van der Waals surface area contributed by atoms with Gasteiger partial charge in [0.15, 0.2) is 0 Å². The number of carbonyl (C=O) groups excluding carboxylic acids is 2. The number of hydrogen-bond acceptors (Lipinski definition) is 3. The minimum atomic E-state index is -0.278. The van der Waals surface area contributed by atoms with Gasteiger partial charge in [-0.1, -0.05) is 6.07 Å². The van der Waals surface area contributed by atoms with Gasteiger partial charge in [0, 0.05) is 20.0 Å². The van der Waals surface area contributed by atoms with E-state index in [1.807, 2.05) is 17.0 Å². The summed E-state index contributed by atoms with van der Waals surface area (Å²) in [5.74, 6) is 0.872. The molecular weight excluding hydrogens is 266 g/mol. The quantitative estimate of drug-likeness (QED) is 0.785. The summed E-state index contributed by atoms with van der Waals surface area (Å²) in [6.45, 7) is 3.35. The molecule has 1 heterocycles. The predicted molar refractivity (Wildman–Crippen MR) is 79.2 cm³/mol. The van der Waals surface area contributed by atoms with Crippen LogP contribution >= 0.6 is 0 Å². The lowest BCUT2D eigenvalue weighted by atomic mass is 9.86. The van der Waals surface area contributed by atoms with Crippen molar-refractivity contribution in [2.24, 2.45) is 5.92 Å². The maximum absolute atomic E-state index is 11.7. The molecule has 21 heavy (non-hydrogen) atoms. The summed E-state index contributed by atoms with van der Waals surface area (Å²) in [7, 11) is 1.41. The summed E-state index contributed by atoms with van der Waals surface area (Å²) in [5, 5.41) is 0. The summed E-state index contributed by atoms with van der Waals surface area (Å²) in [4.78, 5) is 25.1. The Hall–Kier alpha value is -1.84. The van der Waals surface area contributed by atoms with Gasteiger partial charge in [0.2, 0.25) is 5.91 Å². The molecule has 1 aliphatic heterocycles. The maximum Gasteiger partial charge on any atom is 0.337 e. The summed E-state index contributed by atoms with van der Waals surface area (Å²) in [5.41, 5.74) is 3.26. The summed E-state index contributed by atoms with van der Waals surface area (Å²) in [6.07, 6.45) is 3.25. The zero-order valence-electron chi connectivity index (χ0n) is 12.6. The summed E-state index contributed by atoms with van der Waals surface area (Å²) >= 11 is 0. The molecule has 2 atom stereocenters. The van der Waals surface area contributed by atoms with E-state index in [2.05, 4.69) is 6.07 Å². The van der Waals surface area contributed by atoms with Crippen LogP contribution in [0.4, 0.5) is 0 Å². The molecule has 4 nitrogen and oxygen atoms in total. The molecule has 112 valence electrons. The van der Waals surface area contributed by atoms with Crippen molar-refractivity contribution in [3.63, 3.8) is 0 Å². The van der Waals surface area contributed by atoms with Crippen molar-refractivity contribution >= 4 is 11.9 Å². The van der Waals surface area contributed by atoms with Gasteiger partial charge in [-0.25, -0.2) is 4.79 Å². The van der Waals surface area contributed by atoms with E-state index in [1.165, 1.54) is 18.2 Å². The minimum Gasteiger partial charge on any atom is -0.465 e. The molecule has 1 aromatic rings. The molecular formula is C17H21NO3. The first-order chi connectivity index (χ1) is 10.1. The van der Waals surface area contributed by atoms with Crippen LogP contribution in [0, 0.1) is 5.92 Å². The molecule has 1 aliphatic carbocycles. The lowest BCUT2D eigenvalue weighted by Crippen LogP contribution is -2.26. The monoisotopic (exact) mass is 287 g/mol. The Bertz CT molecular complexity index is 581. The van der Waals surface area contributed by atoms with Crippen molar-refractivity contribution in [3.05, 3.63) is 34.9 Å². The minimum absolute atomic E-state index is 0.166. The first-order valence-electron chi connectivity index (χ1n) is 7.57. The van der Waals surface area contributed by atoms with Gasteiger partial charge in [0.05, 0.1) is 12.7 Å². The first kappa shape index (κ1) is 14.1. The predicted octanol–water partition coefficient (Wildman–Crippen LogP) is 2.37. The van der Waals surface area contributed by atoms with E-state index in [1.54, 1.807) is 6.92 Å². The van der Waals surface area contributed by atoms with Crippen molar-refractivity contribution in [1.29, 1.82) is 0 Å². The third-order valence-electron chi connectivity index (χ3n) is 4.93. The molecule has 0 N–H and O–H groups in total. The number of rotatable bonds is 2. The third kappa shape index (κ3) is 2.55. The molecule has 0 spiro atoms. The van der Waals surface area contributed by atoms with Crippen LogP contribution in [0.5, 0.6) is 0 Å². The number of aryl methyl sites for hydroxylation is 1. The number of ether oxygens (including phenoxy) is 1. The van der Waals surface area contributed by atoms with E-state index < -0.39 is 0 Å². The SMILES string of the molecule is COC(=O)c1ccc2c(c1)C(C1CCN(C(C)=O)C1)CC2. The highest BCUT2D eigenvalue weighted by molar-refractivity contribution is 5.89. The van der Waals surface area contributed by atoms with Crippen LogP contribution in [-0.4, -0.2) is 37.0 Å². The highest BCUT2D eigenvalue weighted by Crippen LogP contribution is 2.42. The molecule has 2 aliphatic rings. The summed E-state index contributed by atoms with van der Waals surface area (Å²) < 4.78 is 4.81. The molecule has 0 saturated carbocycles. The van der Waals surface area contributed by atoms with Gasteiger partial charge in [-0.2, -0.15) is 0 Å². The number of fused-ring (bicyclic) bond motifs is 1. The highest BCUT2D eigenvalue weighted by Gasteiger charge is 2.35. The first-order valence-corrected chi connectivity index (χ1v) is 7.57. The van der Waals surface area contributed by atoms with E-state index in [0.717, 1.165) is 32.4 Å². The third-order valence-corrected chi connectivity index (χ3v) is 4.93.